The van der Waals surface area contributed by atoms with Crippen molar-refractivity contribution in [1.82, 2.24) is 0 Å². The lowest BCUT2D eigenvalue weighted by molar-refractivity contribution is -0.148. The van der Waals surface area contributed by atoms with Gasteiger partial charge in [-0.05, 0) is 37.6 Å². The number of para-hydroxylation sites is 1. The van der Waals surface area contributed by atoms with Crippen molar-refractivity contribution in [2.45, 2.75) is 32.9 Å². The van der Waals surface area contributed by atoms with Crippen LogP contribution < -0.4 is 10.6 Å². The predicted molar refractivity (Wildman–Crippen MR) is 105 cm³/mol. The van der Waals surface area contributed by atoms with Crippen LogP contribution in [-0.4, -0.2) is 24.4 Å². The lowest BCUT2D eigenvalue weighted by Crippen LogP contribution is -2.23. The van der Waals surface area contributed by atoms with Crippen molar-refractivity contribution in [3.8, 4) is 0 Å². The van der Waals surface area contributed by atoms with Crippen LogP contribution >= 0.6 is 0 Å². The van der Waals surface area contributed by atoms with E-state index in [1.54, 1.807) is 6.07 Å². The van der Waals surface area contributed by atoms with E-state index in [4.69, 9.17) is 4.74 Å². The molecule has 0 heterocycles. The molecule has 6 nitrogen and oxygen atoms in total. The fraction of sp³-hybridized carbons (Fsp3) is 0.286. The summed E-state index contributed by atoms with van der Waals surface area (Å²) < 4.78 is 43.5. The number of carbonyl (C=O) groups excluding carboxylic acids is 3. The molecule has 0 aliphatic heterocycles. The molecular formula is C21H21F3N2O4. The Bertz CT molecular complexity index is 942. The maximum Gasteiger partial charge on any atom is 0.418 e. The number of halogens is 3. The van der Waals surface area contributed by atoms with Crippen LogP contribution in [0.25, 0.3) is 0 Å². The summed E-state index contributed by atoms with van der Waals surface area (Å²) >= 11 is 0. The number of carbonyl (C=O) groups is 3. The van der Waals surface area contributed by atoms with E-state index < -0.39 is 41.8 Å². The number of alkyl halides is 3. The molecule has 0 aromatic heterocycles. The van der Waals surface area contributed by atoms with Crippen LogP contribution in [0.4, 0.5) is 24.5 Å². The Kier molecular flexibility index (Phi) is 7.57. The topological polar surface area (TPSA) is 84.5 Å². The van der Waals surface area contributed by atoms with Gasteiger partial charge in [0, 0.05) is 12.1 Å². The minimum atomic E-state index is -4.64. The van der Waals surface area contributed by atoms with Crippen molar-refractivity contribution in [2.75, 3.05) is 17.2 Å². The molecule has 0 saturated heterocycles. The molecule has 0 atom stereocenters. The van der Waals surface area contributed by atoms with Crippen LogP contribution in [0.3, 0.4) is 0 Å². The van der Waals surface area contributed by atoms with Gasteiger partial charge in [0.05, 0.1) is 17.7 Å². The Morgan fingerprint density at radius 1 is 0.900 bits per heavy atom. The second-order valence-electron chi connectivity index (χ2n) is 6.62. The van der Waals surface area contributed by atoms with E-state index in [0.717, 1.165) is 23.3 Å². The second kappa shape index (κ2) is 9.91. The lowest BCUT2D eigenvalue weighted by atomic mass is 10.1. The lowest BCUT2D eigenvalue weighted by Gasteiger charge is -2.13. The van der Waals surface area contributed by atoms with Gasteiger partial charge in [0.2, 0.25) is 5.91 Å². The highest BCUT2D eigenvalue weighted by atomic mass is 19.4. The van der Waals surface area contributed by atoms with Gasteiger partial charge in [-0.25, -0.2) is 0 Å². The van der Waals surface area contributed by atoms with Gasteiger partial charge in [-0.1, -0.05) is 29.8 Å². The molecule has 0 aliphatic carbocycles. The van der Waals surface area contributed by atoms with E-state index in [2.05, 4.69) is 10.6 Å². The van der Waals surface area contributed by atoms with E-state index in [9.17, 15) is 27.6 Å². The zero-order chi connectivity index (χ0) is 22.3. The highest BCUT2D eigenvalue weighted by molar-refractivity contribution is 5.95. The Morgan fingerprint density at radius 2 is 1.57 bits per heavy atom. The Hall–Kier alpha value is -3.36. The molecule has 2 aromatic rings. The summed E-state index contributed by atoms with van der Waals surface area (Å²) in [6.45, 7) is 3.00. The number of hydrogen-bond acceptors (Lipinski definition) is 4. The molecule has 0 bridgehead atoms. The predicted octanol–water partition coefficient (Wildman–Crippen LogP) is 4.22. The van der Waals surface area contributed by atoms with Crippen LogP contribution in [0.1, 0.15) is 29.5 Å². The summed E-state index contributed by atoms with van der Waals surface area (Å²) in [4.78, 5) is 35.5. The molecule has 2 rings (SSSR count). The van der Waals surface area contributed by atoms with E-state index >= 15 is 0 Å². The summed E-state index contributed by atoms with van der Waals surface area (Å²) in [5, 5.41) is 4.74. The highest BCUT2D eigenvalue weighted by Crippen LogP contribution is 2.34. The number of anilines is 2. The first kappa shape index (κ1) is 22.9. The number of rotatable bonds is 7. The highest BCUT2D eigenvalue weighted by Gasteiger charge is 2.33. The van der Waals surface area contributed by atoms with Crippen LogP contribution in [0.15, 0.2) is 42.5 Å². The molecule has 0 fully saturated rings. The minimum absolute atomic E-state index is 0.162. The fourth-order valence-corrected chi connectivity index (χ4v) is 2.63. The standard InChI is InChI=1S/C21H21F3N2O4/c1-13-7-8-16(14(2)11-13)25-18(27)9-10-20(29)30-12-19(28)26-17-6-4-3-5-15(17)21(22,23)24/h3-8,11H,9-10,12H2,1-2H3,(H,25,27)(H,26,28). The summed E-state index contributed by atoms with van der Waals surface area (Å²) in [7, 11) is 0. The Morgan fingerprint density at radius 3 is 2.23 bits per heavy atom. The summed E-state index contributed by atoms with van der Waals surface area (Å²) in [6.07, 6.45) is -5.07. The Labute approximate surface area is 171 Å². The zero-order valence-electron chi connectivity index (χ0n) is 16.4. The summed E-state index contributed by atoms with van der Waals surface area (Å²) in [5.74, 6) is -2.13. The third kappa shape index (κ3) is 6.91. The van der Waals surface area contributed by atoms with Crippen molar-refractivity contribution in [3.05, 3.63) is 59.2 Å². The van der Waals surface area contributed by atoms with Crippen LogP contribution in [-0.2, 0) is 25.3 Å². The number of aryl methyl sites for hydroxylation is 2. The van der Waals surface area contributed by atoms with Crippen LogP contribution in [0.2, 0.25) is 0 Å². The van der Waals surface area contributed by atoms with Gasteiger partial charge in [-0.2, -0.15) is 13.2 Å². The van der Waals surface area contributed by atoms with Gasteiger partial charge in [0.25, 0.3) is 5.91 Å². The van der Waals surface area contributed by atoms with Crippen LogP contribution in [0.5, 0.6) is 0 Å². The largest absolute Gasteiger partial charge is 0.456 e. The molecule has 2 amide bonds. The SMILES string of the molecule is Cc1ccc(NC(=O)CCC(=O)OCC(=O)Nc2ccccc2C(F)(F)F)c(C)c1. The molecule has 2 N–H and O–H groups in total. The number of amides is 2. The maximum absolute atomic E-state index is 12.9. The molecular weight excluding hydrogens is 401 g/mol. The first-order valence-electron chi connectivity index (χ1n) is 9.05. The van der Waals surface area contributed by atoms with Gasteiger partial charge >= 0.3 is 12.1 Å². The summed E-state index contributed by atoms with van der Waals surface area (Å²) in [5.41, 5.74) is 1.11. The van der Waals surface area contributed by atoms with Gasteiger partial charge < -0.3 is 15.4 Å². The molecule has 0 radical (unpaired) electrons. The van der Waals surface area contributed by atoms with Gasteiger partial charge in [0.15, 0.2) is 6.61 Å². The number of ether oxygens (including phenoxy) is 1. The van der Waals surface area contributed by atoms with Gasteiger partial charge in [0.1, 0.15) is 0 Å². The number of nitrogens with one attached hydrogen (secondary N) is 2. The van der Waals surface area contributed by atoms with Crippen molar-refractivity contribution < 1.29 is 32.3 Å². The van der Waals surface area contributed by atoms with Gasteiger partial charge in [-0.15, -0.1) is 0 Å². The second-order valence-corrected chi connectivity index (χ2v) is 6.62. The van der Waals surface area contributed by atoms with Crippen LogP contribution in [0, 0.1) is 13.8 Å². The van der Waals surface area contributed by atoms with Crippen molar-refractivity contribution in [1.29, 1.82) is 0 Å². The van der Waals surface area contributed by atoms with Crippen molar-refractivity contribution in [3.63, 3.8) is 0 Å². The van der Waals surface area contributed by atoms with E-state index in [-0.39, 0.29) is 12.8 Å². The first-order valence-corrected chi connectivity index (χ1v) is 9.05. The average molecular weight is 422 g/mol. The van der Waals surface area contributed by atoms with Crippen molar-refractivity contribution in [2.24, 2.45) is 0 Å². The third-order valence-electron chi connectivity index (χ3n) is 4.08. The minimum Gasteiger partial charge on any atom is -0.456 e. The number of hydrogen-bond donors (Lipinski definition) is 2. The maximum atomic E-state index is 12.9. The normalized spacial score (nSPS) is 11.0. The molecule has 2 aromatic carbocycles. The quantitative estimate of drug-likeness (QED) is 0.655. The average Bonchev–Trinajstić information content (AvgIpc) is 2.66. The summed E-state index contributed by atoms with van der Waals surface area (Å²) in [6, 6.07) is 9.96. The molecule has 0 aliphatic rings. The van der Waals surface area contributed by atoms with E-state index in [1.807, 2.05) is 26.0 Å². The number of benzene rings is 2. The molecule has 0 spiro atoms. The number of esters is 1. The Balaban J connectivity index is 1.78. The third-order valence-corrected chi connectivity index (χ3v) is 4.08. The molecule has 30 heavy (non-hydrogen) atoms. The van der Waals surface area contributed by atoms with E-state index in [0.29, 0.717) is 5.69 Å². The molecule has 0 saturated carbocycles. The monoisotopic (exact) mass is 422 g/mol. The first-order chi connectivity index (χ1) is 14.1. The van der Waals surface area contributed by atoms with Crippen molar-refractivity contribution >= 4 is 29.2 Å². The molecule has 160 valence electrons. The van der Waals surface area contributed by atoms with E-state index in [1.165, 1.54) is 12.1 Å². The van der Waals surface area contributed by atoms with Gasteiger partial charge in [-0.3, -0.25) is 14.4 Å². The fourth-order valence-electron chi connectivity index (χ4n) is 2.63. The molecule has 9 heteroatoms. The zero-order valence-corrected chi connectivity index (χ0v) is 16.4. The molecule has 0 unspecified atom stereocenters. The smallest absolute Gasteiger partial charge is 0.418 e.